The highest BCUT2D eigenvalue weighted by molar-refractivity contribution is 7.46. The molecule has 0 bridgehead atoms. The number of carbonyl (C=O) groups is 1. The van der Waals surface area contributed by atoms with Gasteiger partial charge in [-0.15, -0.1) is 0 Å². The molecule has 1 heterocycles. The standard InChI is InChI=1S/C18H33N.C6H9O9P/c1-4-10-16(11-5-1)19(17-12-6-2-7-13-17)18-14-8-3-9-15-18;7-1-2(8)4-3(9)5(6(10)14-4)15-16(11,12)13/h16-18H,1-15H2;2,4,7-9H,1H2,(H2,11,12,13). The molecule has 0 aromatic carbocycles. The Labute approximate surface area is 207 Å². The van der Waals surface area contributed by atoms with Crippen molar-refractivity contribution < 1.29 is 43.7 Å². The minimum absolute atomic E-state index is 0.814. The van der Waals surface area contributed by atoms with Gasteiger partial charge in [0, 0.05) is 18.1 Å². The molecule has 0 aromatic rings. The fraction of sp³-hybridized carbons (Fsp3) is 0.875. The largest absolute Gasteiger partial charge is 0.525 e. The van der Waals surface area contributed by atoms with Crippen LogP contribution in [-0.4, -0.2) is 72.9 Å². The lowest BCUT2D eigenvalue weighted by atomic mass is 9.84. The van der Waals surface area contributed by atoms with Crippen LogP contribution >= 0.6 is 7.82 Å². The zero-order chi connectivity index (χ0) is 25.4. The van der Waals surface area contributed by atoms with E-state index >= 15 is 0 Å². The minimum Gasteiger partial charge on any atom is -0.505 e. The van der Waals surface area contributed by atoms with Crippen LogP contribution in [0.1, 0.15) is 96.3 Å². The van der Waals surface area contributed by atoms with Gasteiger partial charge in [-0.05, 0) is 38.5 Å². The van der Waals surface area contributed by atoms with Gasteiger partial charge in [-0.2, -0.15) is 0 Å². The fourth-order valence-corrected chi connectivity index (χ4v) is 6.46. The Hall–Kier alpha value is -1.16. The second kappa shape index (κ2) is 13.4. The van der Waals surface area contributed by atoms with E-state index in [0.29, 0.717) is 0 Å². The second-order valence-electron chi connectivity index (χ2n) is 10.2. The van der Waals surface area contributed by atoms with Crippen LogP contribution in [0, 0.1) is 0 Å². The van der Waals surface area contributed by atoms with Gasteiger partial charge in [0.25, 0.3) is 5.76 Å². The summed E-state index contributed by atoms with van der Waals surface area (Å²) in [5.74, 6) is -3.39. The Bertz CT molecular complexity index is 709. The molecule has 3 aliphatic carbocycles. The number of cyclic esters (lactones) is 1. The van der Waals surface area contributed by atoms with Gasteiger partial charge in [-0.25, -0.2) is 9.36 Å². The highest BCUT2D eigenvalue weighted by Crippen LogP contribution is 2.42. The maximum atomic E-state index is 11.0. The van der Waals surface area contributed by atoms with E-state index in [1.165, 1.54) is 96.3 Å². The molecule has 202 valence electrons. The van der Waals surface area contributed by atoms with Crippen LogP contribution in [0.25, 0.3) is 0 Å². The molecule has 0 radical (unpaired) electrons. The molecule has 4 rings (SSSR count). The van der Waals surface area contributed by atoms with E-state index in [4.69, 9.17) is 20.0 Å². The molecule has 4 aliphatic rings. The van der Waals surface area contributed by atoms with Crippen molar-refractivity contribution in [2.45, 2.75) is 127 Å². The third-order valence-corrected chi connectivity index (χ3v) is 8.08. The van der Waals surface area contributed by atoms with Crippen LogP contribution in [0.5, 0.6) is 0 Å². The van der Waals surface area contributed by atoms with Gasteiger partial charge in [-0.3, -0.25) is 14.7 Å². The molecule has 11 heteroatoms. The van der Waals surface area contributed by atoms with Crippen molar-refractivity contribution in [2.75, 3.05) is 6.61 Å². The number of aliphatic hydroxyl groups is 3. The van der Waals surface area contributed by atoms with Gasteiger partial charge < -0.3 is 24.6 Å². The highest BCUT2D eigenvalue weighted by Gasteiger charge is 2.42. The third-order valence-electron chi connectivity index (χ3n) is 7.66. The SMILES string of the molecule is C1CCC(N(C2CCCCC2)C2CCCCC2)CC1.O=C1OC(C(O)CO)C(O)=C1OP(=O)(O)O. The molecule has 10 nitrogen and oxygen atoms in total. The third kappa shape index (κ3) is 8.17. The molecule has 35 heavy (non-hydrogen) atoms. The Morgan fingerprint density at radius 1 is 0.857 bits per heavy atom. The van der Waals surface area contributed by atoms with E-state index in [1.807, 2.05) is 0 Å². The van der Waals surface area contributed by atoms with Gasteiger partial charge in [0.1, 0.15) is 6.10 Å². The summed E-state index contributed by atoms with van der Waals surface area (Å²) in [7, 11) is -5.02. The fourth-order valence-electron chi connectivity index (χ4n) is 6.05. The summed E-state index contributed by atoms with van der Waals surface area (Å²) >= 11 is 0. The number of hydrogen-bond acceptors (Lipinski definition) is 8. The lowest BCUT2D eigenvalue weighted by Gasteiger charge is -2.47. The average molecular weight is 520 g/mol. The Morgan fingerprint density at radius 3 is 1.60 bits per heavy atom. The van der Waals surface area contributed by atoms with E-state index in [-0.39, 0.29) is 0 Å². The maximum absolute atomic E-state index is 11.0. The topological polar surface area (TPSA) is 157 Å². The predicted octanol–water partition coefficient (Wildman–Crippen LogP) is 3.43. The summed E-state index contributed by atoms with van der Waals surface area (Å²) in [5.41, 5.74) is 0. The summed E-state index contributed by atoms with van der Waals surface area (Å²) in [5, 5.41) is 26.9. The number of rotatable bonds is 7. The van der Waals surface area contributed by atoms with Crippen LogP contribution < -0.4 is 0 Å². The van der Waals surface area contributed by atoms with Crippen molar-refractivity contribution in [3.8, 4) is 0 Å². The number of phosphoric ester groups is 1. The molecule has 0 spiro atoms. The summed E-state index contributed by atoms with van der Waals surface area (Å²) in [6.45, 7) is -0.814. The van der Waals surface area contributed by atoms with Crippen molar-refractivity contribution in [1.29, 1.82) is 0 Å². The summed E-state index contributed by atoms with van der Waals surface area (Å²) in [6.07, 6.45) is 19.3. The molecular weight excluding hydrogens is 477 g/mol. The first-order valence-corrected chi connectivity index (χ1v) is 14.7. The summed E-state index contributed by atoms with van der Waals surface area (Å²) in [6, 6.07) is 2.87. The zero-order valence-electron chi connectivity index (χ0n) is 20.5. The molecule has 5 N–H and O–H groups in total. The average Bonchev–Trinajstić information content (AvgIpc) is 3.13. The first kappa shape index (κ1) is 28.4. The Balaban J connectivity index is 0.000000199. The summed E-state index contributed by atoms with van der Waals surface area (Å²) < 4.78 is 18.7. The number of phosphoric acid groups is 1. The second-order valence-corrected chi connectivity index (χ2v) is 11.4. The van der Waals surface area contributed by atoms with E-state index in [9.17, 15) is 14.5 Å². The Kier molecular flexibility index (Phi) is 10.9. The van der Waals surface area contributed by atoms with Crippen molar-refractivity contribution in [3.63, 3.8) is 0 Å². The van der Waals surface area contributed by atoms with E-state index in [1.54, 1.807) is 0 Å². The first-order chi connectivity index (χ1) is 16.7. The molecule has 1 aliphatic heterocycles. The quantitative estimate of drug-likeness (QED) is 0.249. The molecular formula is C24H42NO9P. The van der Waals surface area contributed by atoms with Crippen molar-refractivity contribution in [2.24, 2.45) is 0 Å². The molecule has 3 saturated carbocycles. The highest BCUT2D eigenvalue weighted by atomic mass is 31.2. The lowest BCUT2D eigenvalue weighted by molar-refractivity contribution is -0.147. The molecule has 3 fully saturated rings. The van der Waals surface area contributed by atoms with Gasteiger partial charge in [0.05, 0.1) is 6.61 Å². The first-order valence-electron chi connectivity index (χ1n) is 13.2. The van der Waals surface area contributed by atoms with Gasteiger partial charge in [-0.1, -0.05) is 57.8 Å². The Morgan fingerprint density at radius 2 is 1.26 bits per heavy atom. The van der Waals surface area contributed by atoms with Crippen molar-refractivity contribution >= 4 is 13.8 Å². The minimum atomic E-state index is -5.02. The van der Waals surface area contributed by atoms with Crippen LogP contribution in [0.2, 0.25) is 0 Å². The smallest absolute Gasteiger partial charge is 0.505 e. The van der Waals surface area contributed by atoms with Crippen LogP contribution in [0.4, 0.5) is 0 Å². The zero-order valence-corrected chi connectivity index (χ0v) is 21.4. The number of nitrogens with zero attached hydrogens (tertiary/aromatic N) is 1. The van der Waals surface area contributed by atoms with Gasteiger partial charge in [0.15, 0.2) is 11.9 Å². The molecule has 0 amide bonds. The summed E-state index contributed by atoms with van der Waals surface area (Å²) in [4.78, 5) is 30.9. The predicted molar refractivity (Wildman–Crippen MR) is 128 cm³/mol. The number of hydrogen-bond donors (Lipinski definition) is 5. The van der Waals surface area contributed by atoms with Crippen LogP contribution in [-0.2, 0) is 18.6 Å². The number of carbonyl (C=O) groups excluding carboxylic acids is 1. The van der Waals surface area contributed by atoms with Gasteiger partial charge in [0.2, 0.25) is 0 Å². The van der Waals surface area contributed by atoms with Crippen molar-refractivity contribution in [1.82, 2.24) is 4.90 Å². The molecule has 0 saturated heterocycles. The number of aliphatic hydroxyl groups excluding tert-OH is 3. The van der Waals surface area contributed by atoms with E-state index in [2.05, 4.69) is 14.2 Å². The van der Waals surface area contributed by atoms with E-state index < -0.39 is 44.1 Å². The van der Waals surface area contributed by atoms with Crippen LogP contribution in [0.15, 0.2) is 11.5 Å². The number of esters is 1. The van der Waals surface area contributed by atoms with Crippen molar-refractivity contribution in [3.05, 3.63) is 11.5 Å². The van der Waals surface area contributed by atoms with Crippen LogP contribution in [0.3, 0.4) is 0 Å². The number of ether oxygens (including phenoxy) is 1. The normalized spacial score (nSPS) is 26.3. The molecule has 2 unspecified atom stereocenters. The maximum Gasteiger partial charge on any atom is 0.525 e. The monoisotopic (exact) mass is 519 g/mol. The molecule has 0 aromatic heterocycles. The van der Waals surface area contributed by atoms with E-state index in [0.717, 1.165) is 18.1 Å². The van der Waals surface area contributed by atoms with Gasteiger partial charge >= 0.3 is 13.8 Å². The molecule has 2 atom stereocenters. The lowest BCUT2D eigenvalue weighted by Crippen LogP contribution is -2.51.